The van der Waals surface area contributed by atoms with Crippen LogP contribution in [0, 0.1) is 0 Å². The fraction of sp³-hybridized carbons (Fsp3) is 0.429. The van der Waals surface area contributed by atoms with Crippen molar-refractivity contribution in [2.24, 2.45) is 0 Å². The molecule has 36 heavy (non-hydrogen) atoms. The second kappa shape index (κ2) is 11.0. The van der Waals surface area contributed by atoms with Crippen molar-refractivity contribution in [2.45, 2.75) is 45.7 Å². The maximum atomic E-state index is 13.1. The van der Waals surface area contributed by atoms with Crippen molar-refractivity contribution in [2.75, 3.05) is 38.8 Å². The molecule has 0 unspecified atom stereocenters. The van der Waals surface area contributed by atoms with Crippen LogP contribution in [0.5, 0.6) is 11.5 Å². The monoisotopic (exact) mass is 492 g/mol. The van der Waals surface area contributed by atoms with Gasteiger partial charge in [0.15, 0.2) is 11.5 Å². The van der Waals surface area contributed by atoms with Crippen LogP contribution < -0.4 is 20.1 Å². The lowest BCUT2D eigenvalue weighted by atomic mass is 10.0. The van der Waals surface area contributed by atoms with Crippen LogP contribution in [0.25, 0.3) is 16.7 Å². The van der Waals surface area contributed by atoms with Crippen molar-refractivity contribution in [1.82, 2.24) is 14.0 Å². The van der Waals surface area contributed by atoms with Gasteiger partial charge >= 0.3 is 5.69 Å². The maximum absolute atomic E-state index is 13.1. The van der Waals surface area contributed by atoms with E-state index >= 15 is 0 Å². The summed E-state index contributed by atoms with van der Waals surface area (Å²) in [6, 6.07) is 13.6. The van der Waals surface area contributed by atoms with Crippen LogP contribution in [0.2, 0.25) is 0 Å². The molecule has 0 atom stereocenters. The molecule has 0 saturated carbocycles. The molecule has 0 radical (unpaired) electrons. The first-order valence-corrected chi connectivity index (χ1v) is 12.5. The zero-order valence-corrected chi connectivity index (χ0v) is 21.7. The number of piperidine rings is 1. The van der Waals surface area contributed by atoms with Gasteiger partial charge in [-0.05, 0) is 44.0 Å². The molecular formula is C28H36N4O4. The molecule has 0 N–H and O–H groups in total. The predicted molar refractivity (Wildman–Crippen MR) is 144 cm³/mol. The minimum Gasteiger partial charge on any atom is -0.493 e. The molecule has 0 aliphatic carbocycles. The number of hydrogen-bond donors (Lipinski definition) is 0. The van der Waals surface area contributed by atoms with Gasteiger partial charge in [-0.1, -0.05) is 25.6 Å². The van der Waals surface area contributed by atoms with E-state index in [0.29, 0.717) is 30.2 Å². The SMILES string of the molecule is C=C(C)n1c(=O)n(CCN2CCC(N(C(=O)CC)c3ccc(OC)c(OC)c3)CC2)c2ccccc21. The fourth-order valence-corrected chi connectivity index (χ4v) is 5.14. The van der Waals surface area contributed by atoms with Gasteiger partial charge in [-0.25, -0.2) is 4.79 Å². The van der Waals surface area contributed by atoms with Gasteiger partial charge in [0, 0.05) is 56.1 Å². The number of fused-ring (bicyclic) bond motifs is 1. The Kier molecular flexibility index (Phi) is 7.84. The summed E-state index contributed by atoms with van der Waals surface area (Å²) in [6.45, 7) is 10.8. The highest BCUT2D eigenvalue weighted by Crippen LogP contribution is 2.34. The molecule has 0 spiro atoms. The smallest absolute Gasteiger partial charge is 0.333 e. The zero-order valence-electron chi connectivity index (χ0n) is 21.7. The minimum absolute atomic E-state index is 0.0493. The quantitative estimate of drug-likeness (QED) is 0.447. The van der Waals surface area contributed by atoms with Crippen LogP contribution in [0.15, 0.2) is 53.8 Å². The van der Waals surface area contributed by atoms with Gasteiger partial charge in [0.1, 0.15) is 0 Å². The van der Waals surface area contributed by atoms with Gasteiger partial charge in [0.05, 0.1) is 25.3 Å². The van der Waals surface area contributed by atoms with Crippen LogP contribution in [-0.4, -0.2) is 59.8 Å². The molecule has 8 heteroatoms. The van der Waals surface area contributed by atoms with Crippen molar-refractivity contribution < 1.29 is 14.3 Å². The van der Waals surface area contributed by atoms with E-state index in [0.717, 1.165) is 49.2 Å². The normalized spacial score (nSPS) is 14.7. The Bertz CT molecular complexity index is 1300. The second-order valence-corrected chi connectivity index (χ2v) is 9.22. The summed E-state index contributed by atoms with van der Waals surface area (Å²) in [5.74, 6) is 1.35. The van der Waals surface area contributed by atoms with Crippen LogP contribution in [0.3, 0.4) is 0 Å². The van der Waals surface area contributed by atoms with E-state index in [4.69, 9.17) is 9.47 Å². The van der Waals surface area contributed by atoms with E-state index < -0.39 is 0 Å². The third-order valence-corrected chi connectivity index (χ3v) is 7.00. The number of anilines is 1. The molecule has 0 bridgehead atoms. The maximum Gasteiger partial charge on any atom is 0.333 e. The first-order chi connectivity index (χ1) is 17.4. The molecule has 2 aromatic carbocycles. The molecule has 2 heterocycles. The van der Waals surface area contributed by atoms with Crippen LogP contribution in [0.1, 0.15) is 33.1 Å². The Hall–Kier alpha value is -3.52. The van der Waals surface area contributed by atoms with E-state index in [1.54, 1.807) is 18.8 Å². The molecule has 3 aromatic rings. The van der Waals surface area contributed by atoms with E-state index in [1.807, 2.05) is 65.8 Å². The number of nitrogens with zero attached hydrogens (tertiary/aromatic N) is 4. The van der Waals surface area contributed by atoms with Crippen LogP contribution >= 0.6 is 0 Å². The number of hydrogen-bond acceptors (Lipinski definition) is 5. The number of methoxy groups -OCH3 is 2. The van der Waals surface area contributed by atoms with Crippen molar-refractivity contribution in [3.63, 3.8) is 0 Å². The first-order valence-electron chi connectivity index (χ1n) is 12.5. The summed E-state index contributed by atoms with van der Waals surface area (Å²) in [5.41, 5.74) is 3.31. The zero-order chi connectivity index (χ0) is 25.8. The minimum atomic E-state index is -0.0493. The highest BCUT2D eigenvalue weighted by molar-refractivity contribution is 5.94. The summed E-state index contributed by atoms with van der Waals surface area (Å²) in [6.07, 6.45) is 2.16. The number of imidazole rings is 1. The lowest BCUT2D eigenvalue weighted by Gasteiger charge is -2.38. The Morgan fingerprint density at radius 2 is 1.69 bits per heavy atom. The van der Waals surface area contributed by atoms with E-state index in [9.17, 15) is 9.59 Å². The lowest BCUT2D eigenvalue weighted by molar-refractivity contribution is -0.119. The molecule has 8 nitrogen and oxygen atoms in total. The Morgan fingerprint density at radius 3 is 2.31 bits per heavy atom. The average molecular weight is 493 g/mol. The number of allylic oxidation sites excluding steroid dienone is 1. The van der Waals surface area contributed by atoms with Crippen LogP contribution in [-0.2, 0) is 11.3 Å². The molecular weight excluding hydrogens is 456 g/mol. The van der Waals surface area contributed by atoms with E-state index in [1.165, 1.54) is 0 Å². The summed E-state index contributed by atoms with van der Waals surface area (Å²) in [4.78, 5) is 30.4. The van der Waals surface area contributed by atoms with Crippen molar-refractivity contribution in [3.8, 4) is 11.5 Å². The summed E-state index contributed by atoms with van der Waals surface area (Å²) in [7, 11) is 3.21. The number of ether oxygens (including phenoxy) is 2. The largest absolute Gasteiger partial charge is 0.493 e. The Labute approximate surface area is 212 Å². The average Bonchev–Trinajstić information content (AvgIpc) is 3.19. The van der Waals surface area contributed by atoms with Gasteiger partial charge in [0.2, 0.25) is 5.91 Å². The molecule has 192 valence electrons. The van der Waals surface area contributed by atoms with Gasteiger partial charge in [-0.15, -0.1) is 0 Å². The summed E-state index contributed by atoms with van der Waals surface area (Å²) in [5, 5.41) is 0. The van der Waals surface area contributed by atoms with Gasteiger partial charge in [-0.3, -0.25) is 13.9 Å². The van der Waals surface area contributed by atoms with Crippen LogP contribution in [0.4, 0.5) is 5.69 Å². The summed E-state index contributed by atoms with van der Waals surface area (Å²) < 4.78 is 14.4. The highest BCUT2D eigenvalue weighted by atomic mass is 16.5. The van der Waals surface area contributed by atoms with Crippen molar-refractivity contribution in [3.05, 3.63) is 59.5 Å². The van der Waals surface area contributed by atoms with Gasteiger partial charge < -0.3 is 19.3 Å². The fourth-order valence-electron chi connectivity index (χ4n) is 5.14. The second-order valence-electron chi connectivity index (χ2n) is 9.22. The summed E-state index contributed by atoms with van der Waals surface area (Å²) >= 11 is 0. The third-order valence-electron chi connectivity index (χ3n) is 7.00. The first kappa shape index (κ1) is 25.6. The lowest BCUT2D eigenvalue weighted by Crippen LogP contribution is -2.48. The number of para-hydroxylation sites is 2. The number of aromatic nitrogens is 2. The highest BCUT2D eigenvalue weighted by Gasteiger charge is 2.29. The molecule has 1 aromatic heterocycles. The number of carbonyl (C=O) groups excluding carboxylic acids is 1. The molecule has 1 amide bonds. The predicted octanol–water partition coefficient (Wildman–Crippen LogP) is 4.22. The van der Waals surface area contributed by atoms with Gasteiger partial charge in [0.25, 0.3) is 0 Å². The third kappa shape index (κ3) is 4.91. The number of benzene rings is 2. The molecule has 1 fully saturated rings. The van der Waals surface area contributed by atoms with Crippen molar-refractivity contribution in [1.29, 1.82) is 0 Å². The molecule has 1 aliphatic heterocycles. The number of rotatable bonds is 9. The number of amides is 1. The number of likely N-dealkylation sites (tertiary alicyclic amines) is 1. The standard InChI is InChI=1S/C28H36N4O4/c1-6-27(33)32(22-11-12-25(35-4)26(19-22)36-5)21-13-15-29(16-14-21)17-18-30-23-9-7-8-10-24(23)31(20(2)3)28(30)34/h7-12,19,21H,2,6,13-18H2,1,3-5H3. The Morgan fingerprint density at radius 1 is 1.03 bits per heavy atom. The van der Waals surface area contributed by atoms with E-state index in [2.05, 4.69) is 11.5 Å². The van der Waals surface area contributed by atoms with Gasteiger partial charge in [-0.2, -0.15) is 0 Å². The number of carbonyl (C=O) groups is 1. The van der Waals surface area contributed by atoms with E-state index in [-0.39, 0.29) is 17.6 Å². The topological polar surface area (TPSA) is 68.9 Å². The van der Waals surface area contributed by atoms with Crippen molar-refractivity contribution >= 4 is 28.3 Å². The molecule has 1 aliphatic rings. The molecule has 4 rings (SSSR count). The molecule has 1 saturated heterocycles. The Balaban J connectivity index is 1.46.